The van der Waals surface area contributed by atoms with Crippen LogP contribution in [0.4, 0.5) is 5.95 Å². The van der Waals surface area contributed by atoms with Crippen LogP contribution in [0.25, 0.3) is 0 Å². The minimum absolute atomic E-state index is 0.210. The average molecular weight is 458 g/mol. The first kappa shape index (κ1) is 20.6. The van der Waals surface area contributed by atoms with Gasteiger partial charge in [-0.2, -0.15) is 0 Å². The van der Waals surface area contributed by atoms with Gasteiger partial charge in [0.1, 0.15) is 0 Å². The Bertz CT molecular complexity index is 1100. The summed E-state index contributed by atoms with van der Waals surface area (Å²) in [6.45, 7) is 0. The summed E-state index contributed by atoms with van der Waals surface area (Å²) in [4.78, 5) is 30.4. The fraction of sp³-hybridized carbons (Fsp3) is 0.190. The number of aromatic carboxylic acids is 1. The molecule has 0 radical (unpaired) electrons. The van der Waals surface area contributed by atoms with Crippen LogP contribution in [0.5, 0.6) is 5.75 Å². The second kappa shape index (κ2) is 8.48. The Labute approximate surface area is 176 Å². The van der Waals surface area contributed by atoms with Crippen molar-refractivity contribution >= 4 is 27.8 Å². The van der Waals surface area contributed by atoms with Gasteiger partial charge in [-0.25, -0.2) is 9.78 Å². The predicted molar refractivity (Wildman–Crippen MR) is 114 cm³/mol. The molecule has 0 saturated heterocycles. The van der Waals surface area contributed by atoms with E-state index in [1.165, 1.54) is 18.7 Å². The number of ether oxygens (including phenoxy) is 1. The zero-order valence-electron chi connectivity index (χ0n) is 16.2. The van der Waals surface area contributed by atoms with Crippen LogP contribution in [0.15, 0.2) is 63.9 Å². The Morgan fingerprint density at radius 1 is 1.17 bits per heavy atom. The molecule has 29 heavy (non-hydrogen) atoms. The molecule has 2 aromatic carbocycles. The van der Waals surface area contributed by atoms with Gasteiger partial charge in [0.05, 0.1) is 13.2 Å². The number of methoxy groups -OCH3 is 1. The second-order valence-electron chi connectivity index (χ2n) is 6.44. The number of hydrogen-bond donors (Lipinski definition) is 1. The molecule has 8 heteroatoms. The normalized spacial score (nSPS) is 11.7. The average Bonchev–Trinajstić information content (AvgIpc) is 2.70. The lowest BCUT2D eigenvalue weighted by Gasteiger charge is -2.31. The van der Waals surface area contributed by atoms with Crippen molar-refractivity contribution in [3.63, 3.8) is 0 Å². The van der Waals surface area contributed by atoms with Crippen LogP contribution in [0.1, 0.15) is 27.7 Å². The van der Waals surface area contributed by atoms with Gasteiger partial charge in [-0.3, -0.25) is 9.36 Å². The van der Waals surface area contributed by atoms with Crippen molar-refractivity contribution in [2.24, 2.45) is 7.05 Å². The molecule has 1 heterocycles. The van der Waals surface area contributed by atoms with Gasteiger partial charge < -0.3 is 14.7 Å². The minimum atomic E-state index is -1.33. The van der Waals surface area contributed by atoms with Crippen LogP contribution < -0.4 is 15.2 Å². The molecule has 3 rings (SSSR count). The maximum absolute atomic E-state index is 12.7. The number of carboxylic acids is 1. The zero-order valence-corrected chi connectivity index (χ0v) is 17.8. The first-order valence-electron chi connectivity index (χ1n) is 8.76. The van der Waals surface area contributed by atoms with Crippen LogP contribution in [-0.2, 0) is 7.05 Å². The molecular formula is C21H20BrN3O4. The highest BCUT2D eigenvalue weighted by Gasteiger charge is 2.27. The molecule has 3 aromatic rings. The van der Waals surface area contributed by atoms with Gasteiger partial charge >= 0.3 is 5.97 Å². The van der Waals surface area contributed by atoms with Crippen molar-refractivity contribution in [1.82, 2.24) is 9.55 Å². The second-order valence-corrected chi connectivity index (χ2v) is 7.36. The van der Waals surface area contributed by atoms with Gasteiger partial charge in [0.2, 0.25) is 11.7 Å². The number of aromatic nitrogens is 2. The van der Waals surface area contributed by atoms with Crippen LogP contribution >= 0.6 is 15.9 Å². The summed E-state index contributed by atoms with van der Waals surface area (Å²) in [5.41, 5.74) is 0.936. The van der Waals surface area contributed by atoms with Crippen molar-refractivity contribution in [1.29, 1.82) is 0 Å². The van der Waals surface area contributed by atoms with E-state index >= 15 is 0 Å². The van der Waals surface area contributed by atoms with Gasteiger partial charge in [0, 0.05) is 18.6 Å². The van der Waals surface area contributed by atoms with Crippen molar-refractivity contribution in [2.45, 2.75) is 6.04 Å². The highest BCUT2D eigenvalue weighted by Crippen LogP contribution is 2.32. The van der Waals surface area contributed by atoms with E-state index in [1.54, 1.807) is 11.9 Å². The summed E-state index contributed by atoms with van der Waals surface area (Å²) in [6.07, 6.45) is 0. The van der Waals surface area contributed by atoms with E-state index < -0.39 is 17.2 Å². The summed E-state index contributed by atoms with van der Waals surface area (Å²) in [7, 11) is 4.57. The number of halogens is 1. The molecule has 0 aliphatic rings. The van der Waals surface area contributed by atoms with Crippen LogP contribution in [0, 0.1) is 0 Å². The van der Waals surface area contributed by atoms with Crippen molar-refractivity contribution in [3.8, 4) is 5.75 Å². The summed E-state index contributed by atoms with van der Waals surface area (Å²) < 4.78 is 7.20. The molecule has 0 bridgehead atoms. The molecule has 1 unspecified atom stereocenters. The molecule has 0 amide bonds. The first-order chi connectivity index (χ1) is 13.8. The maximum atomic E-state index is 12.7. The Kier molecular flexibility index (Phi) is 6.03. The Balaban J connectivity index is 2.23. The number of rotatable bonds is 6. The first-order valence-corrected chi connectivity index (χ1v) is 9.56. The van der Waals surface area contributed by atoms with E-state index in [4.69, 9.17) is 4.74 Å². The van der Waals surface area contributed by atoms with Gasteiger partial charge in [-0.15, -0.1) is 0 Å². The van der Waals surface area contributed by atoms with Gasteiger partial charge in [0.25, 0.3) is 5.56 Å². The lowest BCUT2D eigenvalue weighted by Crippen LogP contribution is -2.34. The monoisotopic (exact) mass is 457 g/mol. The Morgan fingerprint density at radius 3 is 2.41 bits per heavy atom. The molecule has 1 atom stereocenters. The van der Waals surface area contributed by atoms with Gasteiger partial charge in [0.15, 0.2) is 5.69 Å². The van der Waals surface area contributed by atoms with Crippen molar-refractivity contribution in [3.05, 3.63) is 86.2 Å². The topological polar surface area (TPSA) is 84.7 Å². The Morgan fingerprint density at radius 2 is 1.83 bits per heavy atom. The van der Waals surface area contributed by atoms with Crippen LogP contribution in [0.3, 0.4) is 0 Å². The third-order valence-electron chi connectivity index (χ3n) is 4.61. The molecule has 0 saturated carbocycles. The molecule has 150 valence electrons. The fourth-order valence-electron chi connectivity index (χ4n) is 3.28. The molecule has 0 spiro atoms. The minimum Gasteiger partial charge on any atom is -0.489 e. The molecule has 1 aromatic heterocycles. The zero-order chi connectivity index (χ0) is 21.1. The van der Waals surface area contributed by atoms with E-state index in [0.717, 1.165) is 15.6 Å². The lowest BCUT2D eigenvalue weighted by molar-refractivity contribution is 0.0685. The fourth-order valence-corrected chi connectivity index (χ4v) is 3.70. The summed E-state index contributed by atoms with van der Waals surface area (Å²) in [5, 5.41) is 9.51. The van der Waals surface area contributed by atoms with Crippen molar-refractivity contribution in [2.75, 3.05) is 19.1 Å². The van der Waals surface area contributed by atoms with Crippen molar-refractivity contribution < 1.29 is 14.6 Å². The number of hydrogen-bond acceptors (Lipinski definition) is 5. The number of benzene rings is 2. The lowest BCUT2D eigenvalue weighted by atomic mass is 9.97. The van der Waals surface area contributed by atoms with Crippen LogP contribution in [0.2, 0.25) is 0 Å². The standard InChI is InChI=1S/C21H20BrN3O4/c1-24(21-23-16(20(27)28)18(29-3)19(26)25(21)2)17(13-8-5-4-6-9-13)14-10-7-11-15(22)12-14/h4-12,17H,1-3H3,(H,27,28). The summed E-state index contributed by atoms with van der Waals surface area (Å²) in [6, 6.07) is 17.2. The number of nitrogens with zero attached hydrogens (tertiary/aromatic N) is 3. The Hall–Kier alpha value is -3.13. The van der Waals surface area contributed by atoms with Gasteiger partial charge in [-0.05, 0) is 23.3 Å². The highest BCUT2D eigenvalue weighted by molar-refractivity contribution is 9.10. The SMILES string of the molecule is COc1c(C(=O)O)nc(N(C)C(c2ccccc2)c2cccc(Br)c2)n(C)c1=O. The van der Waals surface area contributed by atoms with E-state index in [2.05, 4.69) is 20.9 Å². The maximum Gasteiger partial charge on any atom is 0.358 e. The predicted octanol–water partition coefficient (Wildman–Crippen LogP) is 3.48. The van der Waals surface area contributed by atoms with E-state index in [9.17, 15) is 14.7 Å². The van der Waals surface area contributed by atoms with E-state index in [1.807, 2.05) is 54.6 Å². The van der Waals surface area contributed by atoms with E-state index in [0.29, 0.717) is 0 Å². The molecule has 0 aliphatic heterocycles. The molecule has 0 aliphatic carbocycles. The molecule has 7 nitrogen and oxygen atoms in total. The smallest absolute Gasteiger partial charge is 0.358 e. The van der Waals surface area contributed by atoms with Crippen LogP contribution in [-0.4, -0.2) is 34.8 Å². The third kappa shape index (κ3) is 4.02. The summed E-state index contributed by atoms with van der Waals surface area (Å²) >= 11 is 3.50. The highest BCUT2D eigenvalue weighted by atomic mass is 79.9. The summed E-state index contributed by atoms with van der Waals surface area (Å²) in [5.74, 6) is -1.41. The van der Waals surface area contributed by atoms with Gasteiger partial charge in [-0.1, -0.05) is 58.4 Å². The third-order valence-corrected chi connectivity index (χ3v) is 5.11. The quantitative estimate of drug-likeness (QED) is 0.609. The molecule has 1 N–H and O–H groups in total. The molecular weight excluding hydrogens is 438 g/mol. The van der Waals surface area contributed by atoms with E-state index in [-0.39, 0.29) is 17.7 Å². The molecule has 0 fully saturated rings. The largest absolute Gasteiger partial charge is 0.489 e. The number of carboxylic acid groups (broad SMARTS) is 1. The number of carbonyl (C=O) groups is 1. The number of anilines is 1.